The lowest BCUT2D eigenvalue weighted by atomic mass is 10.1. The number of piperidine rings is 1. The van der Waals surface area contributed by atoms with Gasteiger partial charge in [-0.05, 0) is 31.4 Å². The third-order valence-corrected chi connectivity index (χ3v) is 5.42. The van der Waals surface area contributed by atoms with Gasteiger partial charge in [0.25, 0.3) is 0 Å². The molecule has 1 aliphatic heterocycles. The van der Waals surface area contributed by atoms with Crippen molar-refractivity contribution < 1.29 is 18.3 Å². The fourth-order valence-corrected chi connectivity index (χ4v) is 3.96. The molecule has 0 spiro atoms. The molecule has 0 saturated carbocycles. The topological polar surface area (TPSA) is 90.8 Å². The van der Waals surface area contributed by atoms with Gasteiger partial charge in [-0.3, -0.25) is 4.79 Å². The second-order valence-corrected chi connectivity index (χ2v) is 7.10. The zero-order valence-corrected chi connectivity index (χ0v) is 12.9. The first-order valence-electron chi connectivity index (χ1n) is 6.72. The highest BCUT2D eigenvalue weighted by Crippen LogP contribution is 2.25. The summed E-state index contributed by atoms with van der Waals surface area (Å²) in [5.74, 6) is -0.460. The molecule has 1 aromatic rings. The average Bonchev–Trinajstić information content (AvgIpc) is 2.47. The first-order chi connectivity index (χ1) is 9.84. The minimum atomic E-state index is -3.83. The minimum Gasteiger partial charge on any atom is -0.480 e. The molecule has 2 rings (SSSR count). The second-order valence-electron chi connectivity index (χ2n) is 5.21. The summed E-state index contributed by atoms with van der Waals surface area (Å²) in [6.45, 7) is 0.231. The largest absolute Gasteiger partial charge is 0.480 e. The van der Waals surface area contributed by atoms with Crippen LogP contribution in [-0.4, -0.2) is 55.5 Å². The summed E-state index contributed by atoms with van der Waals surface area (Å²) in [4.78, 5) is 17.1. The molecule has 1 saturated heterocycles. The Bertz CT molecular complexity index is 613. The van der Waals surface area contributed by atoms with E-state index in [0.717, 1.165) is 10.7 Å². The van der Waals surface area contributed by atoms with Crippen molar-refractivity contribution in [2.24, 2.45) is 0 Å². The molecule has 0 radical (unpaired) electrons. The zero-order valence-electron chi connectivity index (χ0n) is 12.1. The number of nitrogens with zero attached hydrogens (tertiary/aromatic N) is 3. The number of hydrogen-bond donors (Lipinski definition) is 1. The van der Waals surface area contributed by atoms with E-state index < -0.39 is 22.0 Å². The molecular weight excluding hydrogens is 294 g/mol. The van der Waals surface area contributed by atoms with Crippen LogP contribution in [0.3, 0.4) is 0 Å². The summed E-state index contributed by atoms with van der Waals surface area (Å²) in [6, 6.07) is 2.08. The number of carbonyl (C=O) groups is 1. The van der Waals surface area contributed by atoms with Crippen LogP contribution in [0, 0.1) is 0 Å². The molecule has 1 aromatic heterocycles. The normalized spacial score (nSPS) is 20.2. The van der Waals surface area contributed by atoms with Crippen molar-refractivity contribution in [3.8, 4) is 0 Å². The number of carboxylic acid groups (broad SMARTS) is 1. The molecule has 1 N–H and O–H groups in total. The highest BCUT2D eigenvalue weighted by Gasteiger charge is 2.37. The van der Waals surface area contributed by atoms with Gasteiger partial charge in [-0.15, -0.1) is 0 Å². The summed E-state index contributed by atoms with van der Waals surface area (Å²) in [6.07, 6.45) is 3.02. The lowest BCUT2D eigenvalue weighted by Gasteiger charge is -2.31. The van der Waals surface area contributed by atoms with E-state index >= 15 is 0 Å². The predicted octanol–water partition coefficient (Wildman–Crippen LogP) is 0.775. The van der Waals surface area contributed by atoms with Crippen LogP contribution in [0.5, 0.6) is 0 Å². The number of carboxylic acids is 1. The number of anilines is 1. The van der Waals surface area contributed by atoms with E-state index in [0.29, 0.717) is 18.7 Å². The van der Waals surface area contributed by atoms with Crippen LogP contribution in [0.1, 0.15) is 19.3 Å². The Kier molecular flexibility index (Phi) is 4.48. The van der Waals surface area contributed by atoms with E-state index in [4.69, 9.17) is 0 Å². The molecule has 0 aromatic carbocycles. The number of pyridine rings is 1. The van der Waals surface area contributed by atoms with Gasteiger partial charge >= 0.3 is 5.97 Å². The van der Waals surface area contributed by atoms with Crippen molar-refractivity contribution in [2.45, 2.75) is 30.2 Å². The fraction of sp³-hybridized carbons (Fsp3) is 0.538. The number of rotatable bonds is 4. The first kappa shape index (κ1) is 15.7. The van der Waals surface area contributed by atoms with E-state index in [1.807, 2.05) is 14.1 Å². The van der Waals surface area contributed by atoms with E-state index in [2.05, 4.69) is 4.98 Å². The third-order valence-electron chi connectivity index (χ3n) is 3.52. The molecule has 1 aliphatic rings. The van der Waals surface area contributed by atoms with Crippen LogP contribution in [0.25, 0.3) is 0 Å². The van der Waals surface area contributed by atoms with Crippen molar-refractivity contribution in [2.75, 3.05) is 25.5 Å². The van der Waals surface area contributed by atoms with E-state index in [-0.39, 0.29) is 11.4 Å². The predicted molar refractivity (Wildman–Crippen MR) is 77.7 cm³/mol. The summed E-state index contributed by atoms with van der Waals surface area (Å²) in [7, 11) is -0.213. The monoisotopic (exact) mass is 313 g/mol. The smallest absolute Gasteiger partial charge is 0.322 e. The highest BCUT2D eigenvalue weighted by atomic mass is 32.2. The van der Waals surface area contributed by atoms with Crippen LogP contribution < -0.4 is 4.90 Å². The molecule has 1 atom stereocenters. The zero-order chi connectivity index (χ0) is 15.6. The van der Waals surface area contributed by atoms with E-state index in [1.54, 1.807) is 11.0 Å². The summed E-state index contributed by atoms with van der Waals surface area (Å²) in [5.41, 5.74) is 0. The molecule has 2 heterocycles. The van der Waals surface area contributed by atoms with E-state index in [9.17, 15) is 18.3 Å². The van der Waals surface area contributed by atoms with Gasteiger partial charge in [-0.25, -0.2) is 13.4 Å². The lowest BCUT2D eigenvalue weighted by Crippen LogP contribution is -2.47. The molecule has 8 heteroatoms. The Morgan fingerprint density at radius 1 is 1.38 bits per heavy atom. The first-order valence-corrected chi connectivity index (χ1v) is 8.16. The standard InChI is InChI=1S/C13H19N3O4S/c1-15(2)12-7-6-10(9-14-12)21(19,20)16-8-4-3-5-11(16)13(17)18/h6-7,9,11H,3-5,8H2,1-2H3,(H,17,18)/t11-/m0/s1. The second kappa shape index (κ2) is 5.98. The van der Waals surface area contributed by atoms with Crippen molar-refractivity contribution in [3.05, 3.63) is 18.3 Å². The number of aliphatic carboxylic acids is 1. The molecule has 1 fully saturated rings. The van der Waals surface area contributed by atoms with Gasteiger partial charge in [0, 0.05) is 26.8 Å². The summed E-state index contributed by atoms with van der Waals surface area (Å²) in [5, 5.41) is 9.21. The Balaban J connectivity index is 2.33. The van der Waals surface area contributed by atoms with Crippen LogP contribution in [0.15, 0.2) is 23.2 Å². The molecule has 21 heavy (non-hydrogen) atoms. The third kappa shape index (κ3) is 3.16. The maximum atomic E-state index is 12.6. The van der Waals surface area contributed by atoms with Gasteiger partial charge < -0.3 is 10.0 Å². The Hall–Kier alpha value is -1.67. The van der Waals surface area contributed by atoms with Gasteiger partial charge in [0.1, 0.15) is 16.8 Å². The molecule has 0 aliphatic carbocycles. The molecule has 0 unspecified atom stereocenters. The van der Waals surface area contributed by atoms with Crippen molar-refractivity contribution in [1.82, 2.24) is 9.29 Å². The fourth-order valence-electron chi connectivity index (χ4n) is 2.36. The minimum absolute atomic E-state index is 0.0289. The maximum absolute atomic E-state index is 12.6. The van der Waals surface area contributed by atoms with Crippen LogP contribution in [0.2, 0.25) is 0 Å². The Labute approximate surface area is 124 Å². The maximum Gasteiger partial charge on any atom is 0.322 e. The van der Waals surface area contributed by atoms with Crippen molar-refractivity contribution >= 4 is 21.8 Å². The van der Waals surface area contributed by atoms with Crippen molar-refractivity contribution in [1.29, 1.82) is 0 Å². The molecule has 7 nitrogen and oxygen atoms in total. The van der Waals surface area contributed by atoms with Crippen LogP contribution >= 0.6 is 0 Å². The average molecular weight is 313 g/mol. The molecule has 0 bridgehead atoms. The van der Waals surface area contributed by atoms with Gasteiger partial charge in [-0.1, -0.05) is 0 Å². The van der Waals surface area contributed by atoms with Gasteiger partial charge in [0.05, 0.1) is 0 Å². The van der Waals surface area contributed by atoms with Crippen LogP contribution in [-0.2, 0) is 14.8 Å². The Morgan fingerprint density at radius 2 is 2.10 bits per heavy atom. The molecule has 116 valence electrons. The molecule has 0 amide bonds. The quantitative estimate of drug-likeness (QED) is 0.883. The van der Waals surface area contributed by atoms with Gasteiger partial charge in [0.2, 0.25) is 10.0 Å². The number of aromatic nitrogens is 1. The molecular formula is C13H19N3O4S. The lowest BCUT2D eigenvalue weighted by molar-refractivity contribution is -0.142. The number of hydrogen-bond acceptors (Lipinski definition) is 5. The summed E-state index contributed by atoms with van der Waals surface area (Å²) >= 11 is 0. The van der Waals surface area contributed by atoms with Gasteiger partial charge in [0.15, 0.2) is 0 Å². The van der Waals surface area contributed by atoms with Crippen LogP contribution in [0.4, 0.5) is 5.82 Å². The van der Waals surface area contributed by atoms with Gasteiger partial charge in [-0.2, -0.15) is 4.31 Å². The summed E-state index contributed by atoms with van der Waals surface area (Å²) < 4.78 is 26.3. The highest BCUT2D eigenvalue weighted by molar-refractivity contribution is 7.89. The SMILES string of the molecule is CN(C)c1ccc(S(=O)(=O)N2CCCC[C@H]2C(=O)O)cn1. The Morgan fingerprint density at radius 3 is 2.62 bits per heavy atom. The number of sulfonamides is 1. The van der Waals surface area contributed by atoms with Crippen molar-refractivity contribution in [3.63, 3.8) is 0 Å². The van der Waals surface area contributed by atoms with E-state index in [1.165, 1.54) is 12.3 Å².